The van der Waals surface area contributed by atoms with Crippen molar-refractivity contribution < 1.29 is 14.3 Å². The number of methoxy groups -OCH3 is 1. The van der Waals surface area contributed by atoms with Crippen LogP contribution < -0.4 is 4.90 Å². The molecule has 7 heteroatoms. The molecule has 3 rings (SSSR count). The highest BCUT2D eigenvalue weighted by molar-refractivity contribution is 5.98. The maximum atomic E-state index is 12.8. The molecule has 25 heavy (non-hydrogen) atoms. The van der Waals surface area contributed by atoms with E-state index in [-0.39, 0.29) is 18.4 Å². The molecular weight excluding hydrogens is 320 g/mol. The van der Waals surface area contributed by atoms with Crippen LogP contribution in [0, 0.1) is 6.92 Å². The van der Waals surface area contributed by atoms with Gasteiger partial charge < -0.3 is 14.5 Å². The van der Waals surface area contributed by atoms with E-state index in [0.717, 1.165) is 11.3 Å². The molecule has 7 nitrogen and oxygen atoms in total. The van der Waals surface area contributed by atoms with Crippen molar-refractivity contribution in [3.8, 4) is 0 Å². The number of carbonyl (C=O) groups excluding carboxylic acids is 2. The topological polar surface area (TPSA) is 67.7 Å². The Morgan fingerprint density at radius 2 is 1.96 bits per heavy atom. The quantitative estimate of drug-likeness (QED) is 0.840. The molecule has 1 saturated heterocycles. The summed E-state index contributed by atoms with van der Waals surface area (Å²) in [6, 6.07) is 7.81. The van der Waals surface area contributed by atoms with E-state index < -0.39 is 6.10 Å². The van der Waals surface area contributed by atoms with Gasteiger partial charge in [0, 0.05) is 44.7 Å². The summed E-state index contributed by atoms with van der Waals surface area (Å²) < 4.78 is 6.98. The normalized spacial score (nSPS) is 16.2. The van der Waals surface area contributed by atoms with Crippen LogP contribution in [0.25, 0.3) is 0 Å². The molecule has 1 unspecified atom stereocenters. The number of ether oxygens (including phenoxy) is 1. The summed E-state index contributed by atoms with van der Waals surface area (Å²) in [5.41, 5.74) is 2.69. The Balaban J connectivity index is 1.70. The third-order valence-corrected chi connectivity index (χ3v) is 4.37. The summed E-state index contributed by atoms with van der Waals surface area (Å²) in [5.74, 6) is -0.308. The fourth-order valence-corrected chi connectivity index (χ4v) is 2.98. The van der Waals surface area contributed by atoms with Crippen molar-refractivity contribution in [2.75, 3.05) is 31.6 Å². The Morgan fingerprint density at radius 1 is 1.24 bits per heavy atom. The second kappa shape index (κ2) is 7.06. The SMILES string of the molecule is COC(C(=O)N1CCN(c2ccc(C)cc2)C(=O)C1)c1cnn(C)c1. The zero-order valence-corrected chi connectivity index (χ0v) is 14.7. The first-order valence-electron chi connectivity index (χ1n) is 8.16. The lowest BCUT2D eigenvalue weighted by Crippen LogP contribution is -2.53. The standard InChI is InChI=1S/C18H22N4O3/c1-13-4-6-15(7-5-13)22-9-8-21(12-16(22)23)18(24)17(25-3)14-10-19-20(2)11-14/h4-7,10-11,17H,8-9,12H2,1-3H3. The van der Waals surface area contributed by atoms with Crippen molar-refractivity contribution >= 4 is 17.5 Å². The van der Waals surface area contributed by atoms with Crippen molar-refractivity contribution in [3.63, 3.8) is 0 Å². The van der Waals surface area contributed by atoms with Crippen molar-refractivity contribution in [3.05, 3.63) is 47.8 Å². The van der Waals surface area contributed by atoms with E-state index in [4.69, 9.17) is 4.74 Å². The minimum Gasteiger partial charge on any atom is -0.367 e. The third kappa shape index (κ3) is 3.56. The molecule has 1 aromatic heterocycles. The lowest BCUT2D eigenvalue weighted by Gasteiger charge is -2.35. The molecule has 2 amide bonds. The fourth-order valence-electron chi connectivity index (χ4n) is 2.98. The number of rotatable bonds is 4. The van der Waals surface area contributed by atoms with Crippen LogP contribution in [0.2, 0.25) is 0 Å². The number of anilines is 1. The van der Waals surface area contributed by atoms with E-state index in [1.54, 1.807) is 33.9 Å². The largest absolute Gasteiger partial charge is 0.367 e. The van der Waals surface area contributed by atoms with Crippen LogP contribution >= 0.6 is 0 Å². The Morgan fingerprint density at radius 3 is 2.52 bits per heavy atom. The molecule has 0 bridgehead atoms. The predicted molar refractivity (Wildman–Crippen MR) is 93.1 cm³/mol. The summed E-state index contributed by atoms with van der Waals surface area (Å²) in [4.78, 5) is 28.6. The lowest BCUT2D eigenvalue weighted by molar-refractivity contribution is -0.146. The van der Waals surface area contributed by atoms with Crippen LogP contribution in [0.5, 0.6) is 0 Å². The Bertz CT molecular complexity index is 769. The van der Waals surface area contributed by atoms with Crippen LogP contribution in [0.4, 0.5) is 5.69 Å². The monoisotopic (exact) mass is 342 g/mol. The van der Waals surface area contributed by atoms with Crippen molar-refractivity contribution in [1.82, 2.24) is 14.7 Å². The maximum Gasteiger partial charge on any atom is 0.256 e. The van der Waals surface area contributed by atoms with Gasteiger partial charge in [0.2, 0.25) is 5.91 Å². The van der Waals surface area contributed by atoms with Crippen LogP contribution in [0.15, 0.2) is 36.7 Å². The molecular formula is C18H22N4O3. The zero-order chi connectivity index (χ0) is 18.0. The van der Waals surface area contributed by atoms with Gasteiger partial charge in [-0.3, -0.25) is 14.3 Å². The molecule has 0 radical (unpaired) electrons. The molecule has 132 valence electrons. The molecule has 0 aliphatic carbocycles. The van der Waals surface area contributed by atoms with Crippen LogP contribution in [-0.4, -0.2) is 53.2 Å². The minimum atomic E-state index is -0.743. The number of hydrogen-bond donors (Lipinski definition) is 0. The van der Waals surface area contributed by atoms with E-state index in [1.165, 1.54) is 7.11 Å². The number of benzene rings is 1. The highest BCUT2D eigenvalue weighted by atomic mass is 16.5. The fraction of sp³-hybridized carbons (Fsp3) is 0.389. The number of nitrogens with zero attached hydrogens (tertiary/aromatic N) is 4. The van der Waals surface area contributed by atoms with Gasteiger partial charge in [-0.25, -0.2) is 0 Å². The summed E-state index contributed by atoms with van der Waals surface area (Å²) in [7, 11) is 3.27. The third-order valence-electron chi connectivity index (χ3n) is 4.37. The van der Waals surface area contributed by atoms with E-state index in [1.807, 2.05) is 31.2 Å². The van der Waals surface area contributed by atoms with Crippen molar-refractivity contribution in [2.24, 2.45) is 7.05 Å². The predicted octanol–water partition coefficient (Wildman–Crippen LogP) is 1.29. The van der Waals surface area contributed by atoms with Gasteiger partial charge >= 0.3 is 0 Å². The van der Waals surface area contributed by atoms with Crippen LogP contribution in [0.3, 0.4) is 0 Å². The lowest BCUT2D eigenvalue weighted by atomic mass is 10.1. The molecule has 1 aromatic carbocycles. The second-order valence-corrected chi connectivity index (χ2v) is 6.20. The van der Waals surface area contributed by atoms with Gasteiger partial charge in [0.05, 0.1) is 6.20 Å². The smallest absolute Gasteiger partial charge is 0.256 e. The van der Waals surface area contributed by atoms with Gasteiger partial charge in [-0.1, -0.05) is 17.7 Å². The van der Waals surface area contributed by atoms with Gasteiger partial charge in [-0.15, -0.1) is 0 Å². The van der Waals surface area contributed by atoms with E-state index in [2.05, 4.69) is 5.10 Å². The number of hydrogen-bond acceptors (Lipinski definition) is 4. The summed E-state index contributed by atoms with van der Waals surface area (Å²) in [6.07, 6.45) is 2.61. The molecule has 0 N–H and O–H groups in total. The van der Waals surface area contributed by atoms with E-state index in [9.17, 15) is 9.59 Å². The molecule has 1 aliphatic rings. The first-order chi connectivity index (χ1) is 12.0. The van der Waals surface area contributed by atoms with Gasteiger partial charge in [-0.05, 0) is 19.1 Å². The number of aromatic nitrogens is 2. The van der Waals surface area contributed by atoms with Gasteiger partial charge in [0.25, 0.3) is 5.91 Å². The maximum absolute atomic E-state index is 12.8. The summed E-state index contributed by atoms with van der Waals surface area (Å²) in [5, 5.41) is 4.08. The Kier molecular flexibility index (Phi) is 4.85. The molecule has 0 saturated carbocycles. The van der Waals surface area contributed by atoms with Gasteiger partial charge in [0.15, 0.2) is 6.10 Å². The molecule has 2 heterocycles. The van der Waals surface area contributed by atoms with E-state index in [0.29, 0.717) is 18.7 Å². The Labute approximate surface area is 146 Å². The highest BCUT2D eigenvalue weighted by Crippen LogP contribution is 2.22. The second-order valence-electron chi connectivity index (χ2n) is 6.20. The van der Waals surface area contributed by atoms with Gasteiger partial charge in [-0.2, -0.15) is 5.10 Å². The van der Waals surface area contributed by atoms with Crippen LogP contribution in [-0.2, 0) is 21.4 Å². The minimum absolute atomic E-state index is 0.0484. The van der Waals surface area contributed by atoms with E-state index >= 15 is 0 Å². The number of aryl methyl sites for hydroxylation is 2. The molecule has 2 aromatic rings. The molecule has 0 spiro atoms. The Hall–Kier alpha value is -2.67. The number of carbonyl (C=O) groups is 2. The summed E-state index contributed by atoms with van der Waals surface area (Å²) >= 11 is 0. The van der Waals surface area contributed by atoms with Crippen LogP contribution in [0.1, 0.15) is 17.2 Å². The zero-order valence-electron chi connectivity index (χ0n) is 14.7. The first kappa shape index (κ1) is 17.2. The molecule has 1 fully saturated rings. The molecule has 1 aliphatic heterocycles. The molecule has 1 atom stereocenters. The highest BCUT2D eigenvalue weighted by Gasteiger charge is 2.33. The van der Waals surface area contributed by atoms with Gasteiger partial charge in [0.1, 0.15) is 6.54 Å². The number of piperazine rings is 1. The average Bonchev–Trinajstić information content (AvgIpc) is 3.02. The first-order valence-corrected chi connectivity index (χ1v) is 8.16. The summed E-state index contributed by atoms with van der Waals surface area (Å²) in [6.45, 7) is 2.99. The average molecular weight is 342 g/mol. The number of amides is 2. The van der Waals surface area contributed by atoms with Crippen molar-refractivity contribution in [2.45, 2.75) is 13.0 Å². The van der Waals surface area contributed by atoms with Crippen molar-refractivity contribution in [1.29, 1.82) is 0 Å².